The Bertz CT molecular complexity index is 1090. The van der Waals surface area contributed by atoms with Crippen LogP contribution in [0.1, 0.15) is 29.8 Å². The standard InChI is InChI=1S/C26H26ClNO4S/c1-31-22-11-8-19(9-12-22)5-2-3-16-32-25-14-10-21(28-24(25)13-15-26(29)30)18-33-23-7-4-6-20(27)17-23/h4,6-15,17H,2-3,5,16,18H2,1H3,(H,29,30)/p-1/b15-13+. The van der Waals surface area contributed by atoms with Crippen LogP contribution >= 0.6 is 23.4 Å². The first-order valence-corrected chi connectivity index (χ1v) is 11.9. The number of carbonyl (C=O) groups excluding carboxylic acids is 1. The maximum absolute atomic E-state index is 10.9. The second-order valence-corrected chi connectivity index (χ2v) is 8.72. The Labute approximate surface area is 203 Å². The molecule has 0 aliphatic heterocycles. The first kappa shape index (κ1) is 24.7. The predicted octanol–water partition coefficient (Wildman–Crippen LogP) is 5.20. The number of carbonyl (C=O) groups is 1. The van der Waals surface area contributed by atoms with Gasteiger partial charge in [0, 0.05) is 15.7 Å². The Hall–Kier alpha value is -2.96. The third-order valence-corrected chi connectivity index (χ3v) is 6.04. The van der Waals surface area contributed by atoms with Crippen LogP contribution in [0.4, 0.5) is 0 Å². The molecule has 3 aromatic rings. The van der Waals surface area contributed by atoms with Crippen molar-refractivity contribution in [1.82, 2.24) is 4.98 Å². The van der Waals surface area contributed by atoms with Gasteiger partial charge in [0.15, 0.2) is 0 Å². The van der Waals surface area contributed by atoms with E-state index >= 15 is 0 Å². The molecule has 0 saturated carbocycles. The monoisotopic (exact) mass is 482 g/mol. The van der Waals surface area contributed by atoms with E-state index in [-0.39, 0.29) is 0 Å². The van der Waals surface area contributed by atoms with Crippen molar-refractivity contribution < 1.29 is 19.4 Å². The molecule has 172 valence electrons. The van der Waals surface area contributed by atoms with E-state index in [0.717, 1.165) is 41.7 Å². The van der Waals surface area contributed by atoms with Crippen LogP contribution in [0.15, 0.2) is 71.6 Å². The summed E-state index contributed by atoms with van der Waals surface area (Å²) in [6.45, 7) is 0.514. The van der Waals surface area contributed by atoms with Crippen LogP contribution in [0.3, 0.4) is 0 Å². The largest absolute Gasteiger partial charge is 0.545 e. The third kappa shape index (κ3) is 8.48. The summed E-state index contributed by atoms with van der Waals surface area (Å²) < 4.78 is 11.1. The zero-order valence-electron chi connectivity index (χ0n) is 18.3. The van der Waals surface area contributed by atoms with Gasteiger partial charge in [-0.1, -0.05) is 29.8 Å². The van der Waals surface area contributed by atoms with E-state index in [2.05, 4.69) is 17.1 Å². The molecule has 1 heterocycles. The van der Waals surface area contributed by atoms with E-state index in [9.17, 15) is 9.90 Å². The number of thioether (sulfide) groups is 1. The molecule has 0 amide bonds. The average Bonchev–Trinajstić information content (AvgIpc) is 2.82. The van der Waals surface area contributed by atoms with E-state index < -0.39 is 5.97 Å². The van der Waals surface area contributed by atoms with Crippen molar-refractivity contribution in [1.29, 1.82) is 0 Å². The van der Waals surface area contributed by atoms with E-state index in [4.69, 9.17) is 21.1 Å². The molecule has 0 bridgehead atoms. The van der Waals surface area contributed by atoms with Gasteiger partial charge in [-0.2, -0.15) is 0 Å². The van der Waals surface area contributed by atoms with Gasteiger partial charge in [-0.25, -0.2) is 4.98 Å². The number of benzene rings is 2. The summed E-state index contributed by atoms with van der Waals surface area (Å²) in [6.07, 6.45) is 5.16. The topological polar surface area (TPSA) is 71.5 Å². The van der Waals surface area contributed by atoms with Crippen molar-refractivity contribution in [2.45, 2.75) is 29.9 Å². The number of carboxylic acids is 1. The van der Waals surface area contributed by atoms with E-state index in [1.807, 2.05) is 48.5 Å². The number of carboxylic acid groups (broad SMARTS) is 1. The lowest BCUT2D eigenvalue weighted by molar-refractivity contribution is -0.297. The normalized spacial score (nSPS) is 11.0. The first-order valence-electron chi connectivity index (χ1n) is 10.6. The van der Waals surface area contributed by atoms with Crippen LogP contribution in [0.2, 0.25) is 5.02 Å². The van der Waals surface area contributed by atoms with Gasteiger partial charge in [0.25, 0.3) is 0 Å². The number of unbranched alkanes of at least 4 members (excludes halogenated alkanes) is 1. The summed E-state index contributed by atoms with van der Waals surface area (Å²) in [7, 11) is 1.66. The van der Waals surface area contributed by atoms with Crippen molar-refractivity contribution in [2.24, 2.45) is 0 Å². The van der Waals surface area contributed by atoms with Crippen molar-refractivity contribution in [2.75, 3.05) is 13.7 Å². The molecule has 0 saturated heterocycles. The number of methoxy groups -OCH3 is 1. The number of rotatable bonds is 12. The number of hydrogen-bond acceptors (Lipinski definition) is 6. The number of aryl methyl sites for hydroxylation is 1. The van der Waals surface area contributed by atoms with E-state index in [1.165, 1.54) is 11.6 Å². The fourth-order valence-corrected chi connectivity index (χ4v) is 4.21. The highest BCUT2D eigenvalue weighted by Gasteiger charge is 2.07. The molecule has 5 nitrogen and oxygen atoms in total. The molecule has 33 heavy (non-hydrogen) atoms. The SMILES string of the molecule is COc1ccc(CCCCOc2ccc(CSc3cccc(Cl)c3)nc2/C=C/C(=O)[O-])cc1. The van der Waals surface area contributed by atoms with Gasteiger partial charge in [0.1, 0.15) is 17.2 Å². The minimum Gasteiger partial charge on any atom is -0.545 e. The Morgan fingerprint density at radius 3 is 2.67 bits per heavy atom. The quantitative estimate of drug-likeness (QED) is 0.201. The molecule has 0 aliphatic rings. The summed E-state index contributed by atoms with van der Waals surface area (Å²) in [5, 5.41) is 11.6. The number of halogens is 1. The van der Waals surface area contributed by atoms with Crippen LogP contribution in [-0.4, -0.2) is 24.7 Å². The molecule has 3 rings (SSSR count). The molecule has 0 aliphatic carbocycles. The van der Waals surface area contributed by atoms with Gasteiger partial charge in [-0.05, 0) is 79.4 Å². The zero-order valence-corrected chi connectivity index (χ0v) is 19.9. The van der Waals surface area contributed by atoms with E-state index in [1.54, 1.807) is 18.9 Å². The predicted molar refractivity (Wildman–Crippen MR) is 131 cm³/mol. The molecule has 1 aromatic heterocycles. The summed E-state index contributed by atoms with van der Waals surface area (Å²) in [6, 6.07) is 19.4. The van der Waals surface area contributed by atoms with E-state index in [0.29, 0.717) is 28.8 Å². The second kappa shape index (κ2) is 12.9. The minimum absolute atomic E-state index is 0.471. The van der Waals surface area contributed by atoms with Crippen LogP contribution in [0.5, 0.6) is 11.5 Å². The van der Waals surface area contributed by atoms with Crippen LogP contribution < -0.4 is 14.6 Å². The number of nitrogens with zero attached hydrogens (tertiary/aromatic N) is 1. The highest BCUT2D eigenvalue weighted by molar-refractivity contribution is 7.98. The first-order chi connectivity index (χ1) is 16.0. The number of aromatic nitrogens is 1. The molecule has 0 fully saturated rings. The summed E-state index contributed by atoms with van der Waals surface area (Å²) >= 11 is 7.64. The van der Waals surface area contributed by atoms with Gasteiger partial charge >= 0.3 is 0 Å². The zero-order chi connectivity index (χ0) is 23.5. The number of pyridine rings is 1. The highest BCUT2D eigenvalue weighted by Crippen LogP contribution is 2.27. The van der Waals surface area contributed by atoms with Gasteiger partial charge in [0.2, 0.25) is 0 Å². The molecule has 0 radical (unpaired) electrons. The molecular weight excluding hydrogens is 458 g/mol. The maximum atomic E-state index is 10.9. The molecule has 0 N–H and O–H groups in total. The average molecular weight is 483 g/mol. The molecular formula is C26H25ClNO4S-. The molecule has 0 spiro atoms. The van der Waals surface area contributed by atoms with Gasteiger partial charge in [-0.3, -0.25) is 0 Å². The van der Waals surface area contributed by atoms with Crippen LogP contribution in [0.25, 0.3) is 6.08 Å². The molecule has 0 unspecified atom stereocenters. The lowest BCUT2D eigenvalue weighted by Crippen LogP contribution is -2.18. The van der Waals surface area contributed by atoms with Gasteiger partial charge in [0.05, 0.1) is 25.4 Å². The Morgan fingerprint density at radius 2 is 1.94 bits per heavy atom. The third-order valence-electron chi connectivity index (χ3n) is 4.78. The molecule has 0 atom stereocenters. The van der Waals surface area contributed by atoms with Crippen molar-refractivity contribution in [3.05, 3.63) is 88.7 Å². The molecule has 2 aromatic carbocycles. The van der Waals surface area contributed by atoms with Crippen molar-refractivity contribution in [3.63, 3.8) is 0 Å². The fraction of sp³-hybridized carbons (Fsp3) is 0.231. The Balaban J connectivity index is 1.55. The summed E-state index contributed by atoms with van der Waals surface area (Å²) in [5.74, 6) is 0.741. The number of ether oxygens (including phenoxy) is 2. The van der Waals surface area contributed by atoms with Crippen molar-refractivity contribution in [3.8, 4) is 11.5 Å². The van der Waals surface area contributed by atoms with Gasteiger partial charge < -0.3 is 19.4 Å². The summed E-state index contributed by atoms with van der Waals surface area (Å²) in [4.78, 5) is 16.5. The number of hydrogen-bond donors (Lipinski definition) is 0. The second-order valence-electron chi connectivity index (χ2n) is 7.24. The van der Waals surface area contributed by atoms with Gasteiger partial charge in [-0.15, -0.1) is 11.8 Å². The lowest BCUT2D eigenvalue weighted by atomic mass is 10.1. The van der Waals surface area contributed by atoms with Crippen molar-refractivity contribution >= 4 is 35.4 Å². The Morgan fingerprint density at radius 1 is 1.12 bits per heavy atom. The summed E-state index contributed by atoms with van der Waals surface area (Å²) in [5.41, 5.74) is 2.53. The number of aliphatic carboxylic acids is 1. The Kier molecular flexibility index (Phi) is 9.66. The lowest BCUT2D eigenvalue weighted by Gasteiger charge is -2.11. The minimum atomic E-state index is -1.28. The smallest absolute Gasteiger partial charge is 0.144 e. The maximum Gasteiger partial charge on any atom is 0.144 e. The van der Waals surface area contributed by atoms with Crippen LogP contribution in [-0.2, 0) is 17.0 Å². The van der Waals surface area contributed by atoms with Crippen LogP contribution in [0, 0.1) is 0 Å². The fourth-order valence-electron chi connectivity index (χ4n) is 3.09. The highest BCUT2D eigenvalue weighted by atomic mass is 35.5. The molecule has 7 heteroatoms.